The van der Waals surface area contributed by atoms with Crippen molar-refractivity contribution in [2.75, 3.05) is 11.8 Å². The summed E-state index contributed by atoms with van der Waals surface area (Å²) in [5.74, 6) is -8.76. The molecule has 0 aliphatic heterocycles. The van der Waals surface area contributed by atoms with E-state index in [2.05, 4.69) is 5.32 Å². The summed E-state index contributed by atoms with van der Waals surface area (Å²) >= 11 is 0. The van der Waals surface area contributed by atoms with E-state index in [1.165, 1.54) is 25.9 Å². The number of aryl methyl sites for hydroxylation is 1. The minimum Gasteiger partial charge on any atom is -0.449 e. The number of carbonyl (C=O) groups excluding carboxylic acids is 2. The highest BCUT2D eigenvalue weighted by molar-refractivity contribution is 6.49. The average Bonchev–Trinajstić information content (AvgIpc) is 2.62. The Morgan fingerprint density at radius 2 is 1.75 bits per heavy atom. The molecule has 0 aromatic heterocycles. The van der Waals surface area contributed by atoms with Gasteiger partial charge in [0.25, 0.3) is 11.8 Å². The molecule has 2 aromatic rings. The van der Waals surface area contributed by atoms with Gasteiger partial charge in [0.1, 0.15) is 11.6 Å². The number of alkyl halides is 2. The fourth-order valence-electron chi connectivity index (χ4n) is 2.31. The summed E-state index contributed by atoms with van der Waals surface area (Å²) in [5.41, 5.74) is -1.12. The van der Waals surface area contributed by atoms with Gasteiger partial charge in [-0.1, -0.05) is 6.82 Å². The smallest absolute Gasteiger partial charge is 0.352 e. The zero-order chi connectivity index (χ0) is 21.1. The van der Waals surface area contributed by atoms with Crippen LogP contribution in [-0.2, 0) is 10.7 Å². The third-order valence-corrected chi connectivity index (χ3v) is 3.83. The lowest BCUT2D eigenvalue weighted by atomic mass is 9.72. The van der Waals surface area contributed by atoms with Crippen LogP contribution in [0.15, 0.2) is 36.4 Å². The molecule has 2 amide bonds. The monoisotopic (exact) mass is 396 g/mol. The highest BCUT2D eigenvalue weighted by Crippen LogP contribution is 2.31. The third-order valence-electron chi connectivity index (χ3n) is 3.83. The molecule has 0 atom stereocenters. The molecule has 148 valence electrons. The van der Waals surface area contributed by atoms with Crippen LogP contribution in [-0.4, -0.2) is 30.2 Å². The van der Waals surface area contributed by atoms with Crippen molar-refractivity contribution < 1.29 is 32.2 Å². The Balaban J connectivity index is 2.27. The topological polar surface area (TPSA) is 78.4 Å². The predicted molar refractivity (Wildman–Crippen MR) is 96.2 cm³/mol. The summed E-state index contributed by atoms with van der Waals surface area (Å²) < 4.78 is 55.9. The fraction of sp³-hybridized carbons (Fsp3) is 0.222. The normalized spacial score (nSPS) is 11.1. The van der Waals surface area contributed by atoms with Crippen molar-refractivity contribution in [3.8, 4) is 0 Å². The summed E-state index contributed by atoms with van der Waals surface area (Å²) in [4.78, 5) is 24.0. The predicted octanol–water partition coefficient (Wildman–Crippen LogP) is 2.89. The second-order valence-electron chi connectivity index (χ2n) is 6.25. The molecule has 3 N–H and O–H groups in total. The van der Waals surface area contributed by atoms with Crippen LogP contribution < -0.4 is 10.6 Å². The van der Waals surface area contributed by atoms with E-state index >= 15 is 0 Å². The molecular weight excluding hydrogens is 379 g/mol. The molecule has 0 aliphatic carbocycles. The molecule has 0 spiro atoms. The number of amides is 2. The Kier molecular flexibility index (Phi) is 6.45. The largest absolute Gasteiger partial charge is 0.449 e. The van der Waals surface area contributed by atoms with E-state index in [1.807, 2.05) is 0 Å². The Labute approximate surface area is 158 Å². The molecule has 0 aliphatic rings. The van der Waals surface area contributed by atoms with Gasteiger partial charge in [0.15, 0.2) is 0 Å². The first kappa shape index (κ1) is 21.4. The van der Waals surface area contributed by atoms with Gasteiger partial charge in [-0.05, 0) is 48.9 Å². The molecule has 0 saturated carbocycles. The van der Waals surface area contributed by atoms with Crippen molar-refractivity contribution >= 4 is 24.4 Å². The lowest BCUT2D eigenvalue weighted by Gasteiger charge is -2.18. The van der Waals surface area contributed by atoms with Crippen LogP contribution in [0.3, 0.4) is 0 Å². The van der Waals surface area contributed by atoms with E-state index in [0.29, 0.717) is 12.1 Å². The van der Waals surface area contributed by atoms with E-state index in [-0.39, 0.29) is 16.8 Å². The molecule has 5 nitrogen and oxygen atoms in total. The molecule has 2 rings (SSSR count). The standard InChI is InChI=1S/C18H17BF4N2O3/c1-10-7-12(4-6-14(10)20)25-16(26)11-3-5-15(21)13(8-11)18(22,23)17(27)24-9-19(2)28/h3-8,28H,9H2,1-2H3,(H,24,27)(H,25,26). The zero-order valence-electron chi connectivity index (χ0n) is 15.0. The Morgan fingerprint density at radius 3 is 2.36 bits per heavy atom. The van der Waals surface area contributed by atoms with Gasteiger partial charge in [0, 0.05) is 17.7 Å². The van der Waals surface area contributed by atoms with Gasteiger partial charge in [-0.2, -0.15) is 8.78 Å². The van der Waals surface area contributed by atoms with E-state index in [4.69, 9.17) is 5.02 Å². The number of anilines is 1. The summed E-state index contributed by atoms with van der Waals surface area (Å²) in [6.45, 7) is 1.69. The van der Waals surface area contributed by atoms with Gasteiger partial charge >= 0.3 is 12.8 Å². The van der Waals surface area contributed by atoms with Crippen LogP contribution in [0.1, 0.15) is 21.5 Å². The third kappa shape index (κ3) is 4.89. The molecule has 0 radical (unpaired) electrons. The average molecular weight is 396 g/mol. The molecular formula is C18H17BF4N2O3. The highest BCUT2D eigenvalue weighted by atomic mass is 19.3. The van der Waals surface area contributed by atoms with Crippen LogP contribution in [0.5, 0.6) is 0 Å². The lowest BCUT2D eigenvalue weighted by Crippen LogP contribution is -2.42. The van der Waals surface area contributed by atoms with Gasteiger partial charge < -0.3 is 15.7 Å². The zero-order valence-corrected chi connectivity index (χ0v) is 15.0. The molecule has 0 fully saturated rings. The molecule has 0 heterocycles. The van der Waals surface area contributed by atoms with Gasteiger partial charge in [0.2, 0.25) is 0 Å². The van der Waals surface area contributed by atoms with Gasteiger partial charge in [0.05, 0.1) is 5.56 Å². The van der Waals surface area contributed by atoms with Gasteiger partial charge in [-0.3, -0.25) is 9.59 Å². The minimum absolute atomic E-state index is 0.219. The number of benzene rings is 2. The SMILES string of the molecule is CB(O)CNC(=O)C(F)(F)c1cc(C(=O)Nc2ccc(F)c(C)c2)ccc1F. The molecule has 10 heteroatoms. The van der Waals surface area contributed by atoms with Crippen LogP contribution >= 0.6 is 0 Å². The lowest BCUT2D eigenvalue weighted by molar-refractivity contribution is -0.147. The maximum absolute atomic E-state index is 14.3. The maximum Gasteiger partial charge on any atom is 0.352 e. The first-order valence-electron chi connectivity index (χ1n) is 8.24. The van der Waals surface area contributed by atoms with Gasteiger partial charge in [-0.15, -0.1) is 0 Å². The number of halogens is 4. The van der Waals surface area contributed by atoms with Crippen molar-refractivity contribution in [2.45, 2.75) is 19.7 Å². The first-order valence-corrected chi connectivity index (χ1v) is 8.24. The number of rotatable bonds is 6. The summed E-state index contributed by atoms with van der Waals surface area (Å²) in [5, 5.41) is 13.3. The minimum atomic E-state index is -4.26. The van der Waals surface area contributed by atoms with Crippen LogP contribution in [0.25, 0.3) is 0 Å². The molecule has 0 unspecified atom stereocenters. The molecule has 2 aromatic carbocycles. The fourth-order valence-corrected chi connectivity index (χ4v) is 2.31. The number of nitrogens with one attached hydrogen (secondary N) is 2. The van der Waals surface area contributed by atoms with Crippen molar-refractivity contribution in [2.24, 2.45) is 0 Å². The second-order valence-corrected chi connectivity index (χ2v) is 6.25. The molecule has 0 bridgehead atoms. The van der Waals surface area contributed by atoms with E-state index in [9.17, 15) is 27.2 Å². The summed E-state index contributed by atoms with van der Waals surface area (Å²) in [6, 6.07) is 5.95. The Morgan fingerprint density at radius 1 is 1.11 bits per heavy atom. The van der Waals surface area contributed by atoms with Crippen molar-refractivity contribution in [1.82, 2.24) is 5.32 Å². The molecule has 28 heavy (non-hydrogen) atoms. The number of hydrogen-bond acceptors (Lipinski definition) is 3. The quantitative estimate of drug-likeness (QED) is 0.519. The van der Waals surface area contributed by atoms with E-state index in [0.717, 1.165) is 12.1 Å². The first-order chi connectivity index (χ1) is 13.0. The van der Waals surface area contributed by atoms with E-state index < -0.39 is 48.3 Å². The highest BCUT2D eigenvalue weighted by Gasteiger charge is 2.43. The van der Waals surface area contributed by atoms with E-state index in [1.54, 1.807) is 5.32 Å². The van der Waals surface area contributed by atoms with Crippen LogP contribution in [0, 0.1) is 18.6 Å². The summed E-state index contributed by atoms with van der Waals surface area (Å²) in [7, 11) is 0. The number of hydrogen-bond donors (Lipinski definition) is 3. The maximum atomic E-state index is 14.3. The van der Waals surface area contributed by atoms with Gasteiger partial charge in [-0.25, -0.2) is 8.78 Å². The van der Waals surface area contributed by atoms with Crippen LogP contribution in [0.4, 0.5) is 23.2 Å². The summed E-state index contributed by atoms with van der Waals surface area (Å²) in [6.07, 6.45) is -0.444. The Hall–Kier alpha value is -2.88. The van der Waals surface area contributed by atoms with Crippen LogP contribution in [0.2, 0.25) is 6.82 Å². The molecule has 0 saturated heterocycles. The van der Waals surface area contributed by atoms with Crippen molar-refractivity contribution in [1.29, 1.82) is 0 Å². The Bertz CT molecular complexity index is 906. The second kappa shape index (κ2) is 8.43. The number of carbonyl (C=O) groups is 2. The van der Waals surface area contributed by atoms with Crippen molar-refractivity contribution in [3.05, 3.63) is 64.7 Å². The van der Waals surface area contributed by atoms with Crippen molar-refractivity contribution in [3.63, 3.8) is 0 Å².